The van der Waals surface area contributed by atoms with Crippen LogP contribution in [0.25, 0.3) is 134 Å². The van der Waals surface area contributed by atoms with Crippen molar-refractivity contribution in [3.63, 3.8) is 0 Å². The van der Waals surface area contributed by atoms with E-state index in [0.29, 0.717) is 17.5 Å². The van der Waals surface area contributed by atoms with Gasteiger partial charge in [-0.1, -0.05) is 200 Å². The van der Waals surface area contributed by atoms with E-state index in [1.54, 1.807) is 0 Å². The largest absolute Gasteiger partial charge is 0.456 e. The number of furan rings is 2. The van der Waals surface area contributed by atoms with E-state index in [-0.39, 0.29) is 5.41 Å². The molecule has 11 aromatic carbocycles. The lowest BCUT2D eigenvalue weighted by Gasteiger charge is -2.30. The molecule has 1 spiro atoms. The average Bonchev–Trinajstić information content (AvgIpc) is 4.24. The zero-order valence-electron chi connectivity index (χ0n) is 40.3. The number of hydrogen-bond donors (Lipinski definition) is 0. The van der Waals surface area contributed by atoms with Crippen molar-refractivity contribution in [2.24, 2.45) is 0 Å². The van der Waals surface area contributed by atoms with E-state index in [1.165, 1.54) is 50.1 Å². The minimum absolute atomic E-state index is 0.373. The van der Waals surface area contributed by atoms with Gasteiger partial charge in [-0.2, -0.15) is 0 Å². The maximum Gasteiger partial charge on any atom is 0.164 e. The predicted octanol–water partition coefficient (Wildman–Crippen LogP) is 18.0. The number of aromatic nitrogens is 3. The SMILES string of the molecule is c1ccc(-c2cccc(-c3nc(-c4cccc5oc6ccccc6c45)nc(-c4cccc5oc6ccc(-c7cccc(-c8ccc9c(c8)-c8ccccc8C98c9ccccc9-c9ccccc98)c7)cc6c45)n3)c2)cc1. The fraction of sp³-hybridized carbons (Fsp3) is 0.0143. The van der Waals surface area contributed by atoms with Gasteiger partial charge in [0, 0.05) is 38.2 Å². The second-order valence-electron chi connectivity index (χ2n) is 19.7. The average molecular weight is 956 g/mol. The third-order valence-electron chi connectivity index (χ3n) is 15.8. The van der Waals surface area contributed by atoms with E-state index < -0.39 is 0 Å². The van der Waals surface area contributed by atoms with Gasteiger partial charge in [0.15, 0.2) is 17.5 Å². The van der Waals surface area contributed by atoms with Gasteiger partial charge in [0.1, 0.15) is 22.3 Å². The van der Waals surface area contributed by atoms with Crippen LogP contribution in [0.3, 0.4) is 0 Å². The fourth-order valence-corrected chi connectivity index (χ4v) is 12.5. The van der Waals surface area contributed by atoms with Crippen molar-refractivity contribution < 1.29 is 8.83 Å². The highest BCUT2D eigenvalue weighted by Gasteiger charge is 2.51. The summed E-state index contributed by atoms with van der Waals surface area (Å²) in [6, 6.07) is 88.7. The molecule has 5 heteroatoms. The molecule has 2 aliphatic rings. The molecule has 3 aromatic heterocycles. The molecule has 0 saturated heterocycles. The summed E-state index contributed by atoms with van der Waals surface area (Å²) in [6.45, 7) is 0. The van der Waals surface area contributed by atoms with Crippen molar-refractivity contribution in [2.75, 3.05) is 0 Å². The molecule has 0 radical (unpaired) electrons. The molecule has 75 heavy (non-hydrogen) atoms. The van der Waals surface area contributed by atoms with Crippen molar-refractivity contribution in [2.45, 2.75) is 5.41 Å². The number of benzene rings is 11. The lowest BCUT2D eigenvalue weighted by Crippen LogP contribution is -2.25. The summed E-state index contributed by atoms with van der Waals surface area (Å²) in [6.07, 6.45) is 0. The maximum atomic E-state index is 6.66. The monoisotopic (exact) mass is 955 g/mol. The van der Waals surface area contributed by atoms with Crippen LogP contribution >= 0.6 is 0 Å². The topological polar surface area (TPSA) is 65.0 Å². The zero-order valence-corrected chi connectivity index (χ0v) is 40.3. The molecule has 16 rings (SSSR count). The fourth-order valence-electron chi connectivity index (χ4n) is 12.5. The van der Waals surface area contributed by atoms with Gasteiger partial charge < -0.3 is 8.83 Å². The van der Waals surface area contributed by atoms with Gasteiger partial charge in [-0.25, -0.2) is 15.0 Å². The van der Waals surface area contributed by atoms with Crippen LogP contribution in [-0.4, -0.2) is 15.0 Å². The molecular weight excluding hydrogens is 915 g/mol. The number of fused-ring (bicyclic) bond motifs is 16. The Bertz CT molecular complexity index is 4630. The number of hydrogen-bond acceptors (Lipinski definition) is 5. The van der Waals surface area contributed by atoms with Crippen LogP contribution in [0, 0.1) is 0 Å². The predicted molar refractivity (Wildman–Crippen MR) is 303 cm³/mol. The van der Waals surface area contributed by atoms with E-state index in [2.05, 4.69) is 200 Å². The molecule has 5 nitrogen and oxygen atoms in total. The minimum Gasteiger partial charge on any atom is -0.456 e. The summed E-state index contributed by atoms with van der Waals surface area (Å²) >= 11 is 0. The van der Waals surface area contributed by atoms with Gasteiger partial charge in [0.25, 0.3) is 0 Å². The van der Waals surface area contributed by atoms with Crippen molar-refractivity contribution in [1.29, 1.82) is 0 Å². The Kier molecular flexibility index (Phi) is 8.89. The van der Waals surface area contributed by atoms with Crippen molar-refractivity contribution in [1.82, 2.24) is 15.0 Å². The summed E-state index contributed by atoms with van der Waals surface area (Å²) in [4.78, 5) is 15.9. The Balaban J connectivity index is 0.835. The molecule has 0 amide bonds. The van der Waals surface area contributed by atoms with Crippen molar-refractivity contribution in [3.8, 4) is 89.8 Å². The van der Waals surface area contributed by atoms with Crippen molar-refractivity contribution >= 4 is 43.9 Å². The van der Waals surface area contributed by atoms with Crippen molar-refractivity contribution in [3.05, 3.63) is 271 Å². The second kappa shape index (κ2) is 16.0. The number of nitrogens with zero attached hydrogens (tertiary/aromatic N) is 3. The zero-order chi connectivity index (χ0) is 49.2. The normalized spacial score (nSPS) is 12.9. The molecule has 0 atom stereocenters. The van der Waals surface area contributed by atoms with Crippen LogP contribution in [0.1, 0.15) is 22.3 Å². The van der Waals surface area contributed by atoms with Gasteiger partial charge in [-0.3, -0.25) is 0 Å². The molecular formula is C70H41N3O2. The van der Waals surface area contributed by atoms with Gasteiger partial charge in [-0.05, 0) is 126 Å². The third-order valence-corrected chi connectivity index (χ3v) is 15.8. The van der Waals surface area contributed by atoms with Gasteiger partial charge in [0.2, 0.25) is 0 Å². The molecule has 348 valence electrons. The summed E-state index contributed by atoms with van der Waals surface area (Å²) in [5, 5.41) is 3.90. The summed E-state index contributed by atoms with van der Waals surface area (Å²) in [5.74, 6) is 1.68. The first-order valence-corrected chi connectivity index (χ1v) is 25.5. The molecule has 0 N–H and O–H groups in total. The van der Waals surface area contributed by atoms with Crippen LogP contribution in [0.2, 0.25) is 0 Å². The summed E-state index contributed by atoms with van der Waals surface area (Å²) in [7, 11) is 0. The van der Waals surface area contributed by atoms with E-state index in [1.807, 2.05) is 48.5 Å². The molecule has 0 unspecified atom stereocenters. The molecule has 2 aliphatic carbocycles. The van der Waals surface area contributed by atoms with Gasteiger partial charge >= 0.3 is 0 Å². The highest BCUT2D eigenvalue weighted by Crippen LogP contribution is 2.63. The van der Waals surface area contributed by atoms with E-state index in [4.69, 9.17) is 23.8 Å². The molecule has 0 saturated carbocycles. The van der Waals surface area contributed by atoms with Crippen LogP contribution in [0.5, 0.6) is 0 Å². The van der Waals surface area contributed by atoms with Crippen LogP contribution in [-0.2, 0) is 5.41 Å². The Morgan fingerprint density at radius 1 is 0.240 bits per heavy atom. The summed E-state index contributed by atoms with van der Waals surface area (Å²) in [5.41, 5.74) is 22.7. The number of rotatable bonds is 6. The second-order valence-corrected chi connectivity index (χ2v) is 19.7. The quantitative estimate of drug-likeness (QED) is 0.166. The lowest BCUT2D eigenvalue weighted by atomic mass is 9.70. The molecule has 0 bridgehead atoms. The number of para-hydroxylation sites is 1. The highest BCUT2D eigenvalue weighted by atomic mass is 16.3. The first kappa shape index (κ1) is 41.6. The van der Waals surface area contributed by atoms with Gasteiger partial charge in [-0.15, -0.1) is 0 Å². The Labute approximate surface area is 431 Å². The van der Waals surface area contributed by atoms with Crippen LogP contribution in [0.15, 0.2) is 258 Å². The maximum absolute atomic E-state index is 6.66. The summed E-state index contributed by atoms with van der Waals surface area (Å²) < 4.78 is 13.0. The standard InChI is InChI=1S/C70H41N3O2/c1-2-16-42(17-3-1)43-18-13-21-48(39-43)67-71-68(53-26-14-32-63-65(53)52-25-7-11-31-61(52)74-63)73-69(72-67)54-27-15-33-64-66(54)56-41-47(35-37-62(56)75-64)45-20-12-19-44(38-45)46-34-36-60-55(40-46)51-24-6-10-30-59(51)70(60)57-28-8-4-22-49(57)50-23-5-9-29-58(50)70/h1-41H. The Morgan fingerprint density at radius 3 is 1.32 bits per heavy atom. The molecule has 3 heterocycles. The molecule has 0 aliphatic heterocycles. The first-order valence-electron chi connectivity index (χ1n) is 25.5. The molecule has 14 aromatic rings. The van der Waals surface area contributed by atoms with Gasteiger partial charge in [0.05, 0.1) is 5.41 Å². The minimum atomic E-state index is -0.373. The van der Waals surface area contributed by atoms with E-state index >= 15 is 0 Å². The third kappa shape index (κ3) is 6.16. The van der Waals surface area contributed by atoms with E-state index in [9.17, 15) is 0 Å². The highest BCUT2D eigenvalue weighted by molar-refractivity contribution is 6.14. The van der Waals surface area contributed by atoms with Crippen LogP contribution in [0.4, 0.5) is 0 Å². The Hall–Kier alpha value is -9.97. The first-order chi connectivity index (χ1) is 37.2. The van der Waals surface area contributed by atoms with E-state index in [0.717, 1.165) is 88.4 Å². The smallest absolute Gasteiger partial charge is 0.164 e. The lowest BCUT2D eigenvalue weighted by molar-refractivity contribution is 0.668. The van der Waals surface area contributed by atoms with Crippen LogP contribution < -0.4 is 0 Å². The Morgan fingerprint density at radius 2 is 0.653 bits per heavy atom. The molecule has 0 fully saturated rings.